The summed E-state index contributed by atoms with van der Waals surface area (Å²) in [5.41, 5.74) is 4.06. The minimum Gasteiger partial charge on any atom is -0.497 e. The van der Waals surface area contributed by atoms with Crippen LogP contribution in [0.2, 0.25) is 0 Å². The zero-order valence-corrected chi connectivity index (χ0v) is 12.2. The van der Waals surface area contributed by atoms with Crippen LogP contribution in [0, 0.1) is 5.92 Å². The van der Waals surface area contributed by atoms with Crippen LogP contribution >= 0.6 is 0 Å². The van der Waals surface area contributed by atoms with Gasteiger partial charge in [-0.3, -0.25) is 4.79 Å². The molecule has 0 fully saturated rings. The smallest absolute Gasteiger partial charge is 0.150 e. The van der Waals surface area contributed by atoms with E-state index in [4.69, 9.17) is 4.74 Å². The lowest BCUT2D eigenvalue weighted by Gasteiger charge is -2.09. The summed E-state index contributed by atoms with van der Waals surface area (Å²) >= 11 is 0. The molecule has 2 heteroatoms. The summed E-state index contributed by atoms with van der Waals surface area (Å²) < 4.78 is 5.24. The van der Waals surface area contributed by atoms with E-state index in [9.17, 15) is 4.79 Å². The first kappa shape index (κ1) is 14.3. The fourth-order valence-electron chi connectivity index (χ4n) is 2.28. The fourth-order valence-corrected chi connectivity index (χ4v) is 2.28. The van der Waals surface area contributed by atoms with Crippen LogP contribution in [-0.4, -0.2) is 13.4 Å². The zero-order valence-electron chi connectivity index (χ0n) is 12.2. The summed E-state index contributed by atoms with van der Waals surface area (Å²) in [7, 11) is 1.61. The van der Waals surface area contributed by atoms with E-state index in [0.717, 1.165) is 23.8 Å². The summed E-state index contributed by atoms with van der Waals surface area (Å²) in [5, 5.41) is 0. The Morgan fingerprint density at radius 2 is 1.75 bits per heavy atom. The predicted octanol–water partition coefficient (Wildman–Crippen LogP) is 4.37. The van der Waals surface area contributed by atoms with Gasteiger partial charge >= 0.3 is 0 Å². The number of hydrogen-bond acceptors (Lipinski definition) is 2. The van der Waals surface area contributed by atoms with E-state index in [0.29, 0.717) is 17.2 Å². The highest BCUT2D eigenvalue weighted by molar-refractivity contribution is 5.80. The first-order valence-electron chi connectivity index (χ1n) is 6.86. The number of rotatable bonds is 5. The Kier molecular flexibility index (Phi) is 4.57. The van der Waals surface area contributed by atoms with Crippen LogP contribution in [-0.2, 0) is 6.42 Å². The molecule has 2 rings (SSSR count). The average Bonchev–Trinajstić information content (AvgIpc) is 2.46. The Morgan fingerprint density at radius 1 is 1.05 bits per heavy atom. The number of carbonyl (C=O) groups is 1. The molecule has 20 heavy (non-hydrogen) atoms. The van der Waals surface area contributed by atoms with Gasteiger partial charge in [0.05, 0.1) is 7.11 Å². The van der Waals surface area contributed by atoms with Crippen LogP contribution in [0.25, 0.3) is 11.1 Å². The van der Waals surface area contributed by atoms with Gasteiger partial charge in [0.15, 0.2) is 0 Å². The molecule has 2 aromatic carbocycles. The predicted molar refractivity (Wildman–Crippen MR) is 82.4 cm³/mol. The molecule has 0 atom stereocenters. The first-order valence-corrected chi connectivity index (χ1v) is 6.86. The largest absolute Gasteiger partial charge is 0.497 e. The Bertz CT molecular complexity index is 583. The second kappa shape index (κ2) is 6.38. The fraction of sp³-hybridized carbons (Fsp3) is 0.278. The van der Waals surface area contributed by atoms with Crippen molar-refractivity contribution in [1.29, 1.82) is 0 Å². The molecule has 0 radical (unpaired) electrons. The van der Waals surface area contributed by atoms with Gasteiger partial charge in [-0.15, -0.1) is 0 Å². The minimum atomic E-state index is 0.630. The van der Waals surface area contributed by atoms with Gasteiger partial charge in [-0.1, -0.05) is 38.1 Å². The molecule has 0 aliphatic rings. The number of aldehydes is 1. The van der Waals surface area contributed by atoms with Crippen molar-refractivity contribution < 1.29 is 9.53 Å². The molecular formula is C18H20O2. The van der Waals surface area contributed by atoms with Crippen LogP contribution in [0.15, 0.2) is 42.5 Å². The molecule has 0 amide bonds. The summed E-state index contributed by atoms with van der Waals surface area (Å²) in [5.74, 6) is 1.36. The van der Waals surface area contributed by atoms with Gasteiger partial charge in [-0.2, -0.15) is 0 Å². The van der Waals surface area contributed by atoms with E-state index in [1.54, 1.807) is 13.2 Å². The molecule has 0 unspecified atom stereocenters. The highest BCUT2D eigenvalue weighted by atomic mass is 16.5. The van der Waals surface area contributed by atoms with E-state index in [2.05, 4.69) is 38.1 Å². The van der Waals surface area contributed by atoms with Gasteiger partial charge < -0.3 is 4.74 Å². The molecule has 2 nitrogen and oxygen atoms in total. The standard InChI is InChI=1S/C18H20O2/c1-13(2)8-14-4-6-16(7-5-14)17-9-15(12-19)10-18(11-17)20-3/h4-7,9-13H,8H2,1-3H3. The SMILES string of the molecule is COc1cc(C=O)cc(-c2ccc(CC(C)C)cc2)c1. The maximum atomic E-state index is 11.0. The molecule has 0 aliphatic heterocycles. The lowest BCUT2D eigenvalue weighted by atomic mass is 9.98. The Balaban J connectivity index is 2.33. The van der Waals surface area contributed by atoms with Gasteiger partial charge in [0, 0.05) is 5.56 Å². The maximum Gasteiger partial charge on any atom is 0.150 e. The number of benzene rings is 2. The van der Waals surface area contributed by atoms with Gasteiger partial charge in [-0.25, -0.2) is 0 Å². The molecule has 104 valence electrons. The third kappa shape index (κ3) is 3.47. The van der Waals surface area contributed by atoms with E-state index in [-0.39, 0.29) is 0 Å². The molecule has 0 N–H and O–H groups in total. The van der Waals surface area contributed by atoms with Crippen molar-refractivity contribution in [1.82, 2.24) is 0 Å². The van der Waals surface area contributed by atoms with E-state index < -0.39 is 0 Å². The van der Waals surface area contributed by atoms with E-state index in [1.807, 2.05) is 12.1 Å². The number of ether oxygens (including phenoxy) is 1. The molecule has 0 spiro atoms. The van der Waals surface area contributed by atoms with Crippen LogP contribution < -0.4 is 4.74 Å². The Hall–Kier alpha value is -2.09. The van der Waals surface area contributed by atoms with Crippen molar-refractivity contribution in [3.63, 3.8) is 0 Å². The lowest BCUT2D eigenvalue weighted by molar-refractivity contribution is 0.112. The average molecular weight is 268 g/mol. The maximum absolute atomic E-state index is 11.0. The highest BCUT2D eigenvalue weighted by Crippen LogP contribution is 2.26. The molecule has 0 bridgehead atoms. The summed E-state index contributed by atoms with van der Waals surface area (Å²) in [6.07, 6.45) is 1.93. The third-order valence-corrected chi connectivity index (χ3v) is 3.23. The zero-order chi connectivity index (χ0) is 14.5. The molecule has 0 aliphatic carbocycles. The van der Waals surface area contributed by atoms with Crippen molar-refractivity contribution in [2.45, 2.75) is 20.3 Å². The van der Waals surface area contributed by atoms with Crippen LogP contribution in [0.3, 0.4) is 0 Å². The van der Waals surface area contributed by atoms with Gasteiger partial charge in [0.1, 0.15) is 12.0 Å². The highest BCUT2D eigenvalue weighted by Gasteiger charge is 2.04. The number of carbonyl (C=O) groups excluding carboxylic acids is 1. The van der Waals surface area contributed by atoms with Crippen LogP contribution in [0.1, 0.15) is 29.8 Å². The topological polar surface area (TPSA) is 26.3 Å². The normalized spacial score (nSPS) is 10.6. The van der Waals surface area contributed by atoms with Crippen molar-refractivity contribution in [3.05, 3.63) is 53.6 Å². The minimum absolute atomic E-state index is 0.630. The van der Waals surface area contributed by atoms with Gasteiger partial charge in [0.2, 0.25) is 0 Å². The second-order valence-electron chi connectivity index (χ2n) is 5.41. The van der Waals surface area contributed by atoms with Crippen molar-refractivity contribution in [2.24, 2.45) is 5.92 Å². The first-order chi connectivity index (χ1) is 9.62. The number of hydrogen-bond donors (Lipinski definition) is 0. The summed E-state index contributed by atoms with van der Waals surface area (Å²) in [6.45, 7) is 4.43. The van der Waals surface area contributed by atoms with Crippen LogP contribution in [0.4, 0.5) is 0 Å². The Labute approximate surface area is 120 Å². The quantitative estimate of drug-likeness (QED) is 0.752. The second-order valence-corrected chi connectivity index (χ2v) is 5.41. The lowest BCUT2D eigenvalue weighted by Crippen LogP contribution is -1.93. The number of methoxy groups -OCH3 is 1. The molecule has 0 saturated heterocycles. The van der Waals surface area contributed by atoms with E-state index in [1.165, 1.54) is 5.56 Å². The molecule has 0 heterocycles. The summed E-state index contributed by atoms with van der Waals surface area (Å²) in [4.78, 5) is 11.0. The Morgan fingerprint density at radius 3 is 2.30 bits per heavy atom. The molecule has 0 aromatic heterocycles. The van der Waals surface area contributed by atoms with E-state index >= 15 is 0 Å². The van der Waals surface area contributed by atoms with Crippen LogP contribution in [0.5, 0.6) is 5.75 Å². The summed E-state index contributed by atoms with van der Waals surface area (Å²) in [6, 6.07) is 14.1. The molecular weight excluding hydrogens is 248 g/mol. The molecule has 2 aromatic rings. The van der Waals surface area contributed by atoms with Crippen molar-refractivity contribution >= 4 is 6.29 Å². The third-order valence-electron chi connectivity index (χ3n) is 3.23. The van der Waals surface area contributed by atoms with Gasteiger partial charge in [0.25, 0.3) is 0 Å². The molecule has 0 saturated carbocycles. The monoisotopic (exact) mass is 268 g/mol. The van der Waals surface area contributed by atoms with Crippen molar-refractivity contribution in [3.8, 4) is 16.9 Å². The van der Waals surface area contributed by atoms with Gasteiger partial charge in [-0.05, 0) is 47.2 Å². The van der Waals surface area contributed by atoms with Crippen molar-refractivity contribution in [2.75, 3.05) is 7.11 Å².